The van der Waals surface area contributed by atoms with Crippen LogP contribution in [0.3, 0.4) is 0 Å². The number of carboxylic acid groups (broad SMARTS) is 1. The first-order valence-electron chi connectivity index (χ1n) is 7.42. The van der Waals surface area contributed by atoms with Crippen molar-refractivity contribution in [3.63, 3.8) is 0 Å². The van der Waals surface area contributed by atoms with E-state index in [-0.39, 0.29) is 17.9 Å². The van der Waals surface area contributed by atoms with E-state index in [0.717, 1.165) is 51.6 Å². The molecule has 2 unspecified atom stereocenters. The molecule has 0 radical (unpaired) electrons. The molecule has 108 valence electrons. The van der Waals surface area contributed by atoms with E-state index in [2.05, 4.69) is 10.6 Å². The lowest BCUT2D eigenvalue weighted by Gasteiger charge is -2.27. The number of carbonyl (C=O) groups excluding carboxylic acids is 1. The van der Waals surface area contributed by atoms with Crippen LogP contribution < -0.4 is 10.6 Å². The number of amides is 1. The highest BCUT2D eigenvalue weighted by Crippen LogP contribution is 2.24. The van der Waals surface area contributed by atoms with Gasteiger partial charge in [0.2, 0.25) is 5.91 Å². The highest BCUT2D eigenvalue weighted by atomic mass is 16.4. The Morgan fingerprint density at radius 3 is 2.37 bits per heavy atom. The first-order valence-corrected chi connectivity index (χ1v) is 7.42. The summed E-state index contributed by atoms with van der Waals surface area (Å²) in [5.74, 6) is -1.07. The second-order valence-corrected chi connectivity index (χ2v) is 5.72. The van der Waals surface area contributed by atoms with Crippen LogP contribution in [0.5, 0.6) is 0 Å². The minimum Gasteiger partial charge on any atom is -0.481 e. The molecule has 0 aromatic rings. The molecule has 2 fully saturated rings. The monoisotopic (exact) mass is 268 g/mol. The van der Waals surface area contributed by atoms with Crippen molar-refractivity contribution in [2.24, 2.45) is 11.8 Å². The second kappa shape index (κ2) is 6.89. The van der Waals surface area contributed by atoms with Crippen molar-refractivity contribution in [2.75, 3.05) is 13.1 Å². The van der Waals surface area contributed by atoms with Crippen molar-refractivity contribution in [1.82, 2.24) is 10.6 Å². The van der Waals surface area contributed by atoms with E-state index in [1.54, 1.807) is 0 Å². The summed E-state index contributed by atoms with van der Waals surface area (Å²) in [6.07, 6.45) is 6.24. The van der Waals surface area contributed by atoms with Crippen LogP contribution in [0.25, 0.3) is 0 Å². The van der Waals surface area contributed by atoms with Gasteiger partial charge in [0.15, 0.2) is 0 Å². The largest absolute Gasteiger partial charge is 0.481 e. The van der Waals surface area contributed by atoms with Gasteiger partial charge in [-0.3, -0.25) is 9.59 Å². The van der Waals surface area contributed by atoms with Crippen LogP contribution in [0.2, 0.25) is 0 Å². The van der Waals surface area contributed by atoms with E-state index >= 15 is 0 Å². The Bertz CT molecular complexity index is 327. The number of aliphatic carboxylic acids is 1. The maximum Gasteiger partial charge on any atom is 0.308 e. The molecule has 1 aliphatic heterocycles. The van der Waals surface area contributed by atoms with E-state index in [1.165, 1.54) is 0 Å². The molecule has 1 heterocycles. The van der Waals surface area contributed by atoms with Gasteiger partial charge in [-0.1, -0.05) is 19.3 Å². The predicted octanol–water partition coefficient (Wildman–Crippen LogP) is 1.14. The summed E-state index contributed by atoms with van der Waals surface area (Å²) in [6, 6.07) is -0.178. The molecule has 3 N–H and O–H groups in total. The highest BCUT2D eigenvalue weighted by Gasteiger charge is 2.32. The second-order valence-electron chi connectivity index (χ2n) is 5.72. The first-order chi connectivity index (χ1) is 9.18. The van der Waals surface area contributed by atoms with Crippen molar-refractivity contribution < 1.29 is 14.7 Å². The Kier molecular flexibility index (Phi) is 5.19. The number of carbonyl (C=O) groups is 2. The molecular weight excluding hydrogens is 244 g/mol. The van der Waals surface area contributed by atoms with Gasteiger partial charge in [-0.2, -0.15) is 0 Å². The fraction of sp³-hybridized carbons (Fsp3) is 0.857. The molecule has 0 aromatic carbocycles. The average molecular weight is 268 g/mol. The van der Waals surface area contributed by atoms with Gasteiger partial charge in [0, 0.05) is 12.0 Å². The number of nitrogens with one attached hydrogen (secondary N) is 2. The predicted molar refractivity (Wildman–Crippen MR) is 71.7 cm³/mol. The van der Waals surface area contributed by atoms with Crippen LogP contribution in [0.15, 0.2) is 0 Å². The van der Waals surface area contributed by atoms with Crippen molar-refractivity contribution in [3.05, 3.63) is 0 Å². The van der Waals surface area contributed by atoms with Gasteiger partial charge in [-0.15, -0.1) is 0 Å². The number of rotatable bonds is 3. The fourth-order valence-electron chi connectivity index (χ4n) is 3.16. The van der Waals surface area contributed by atoms with E-state index < -0.39 is 11.9 Å². The summed E-state index contributed by atoms with van der Waals surface area (Å²) in [4.78, 5) is 23.5. The molecule has 1 amide bonds. The lowest BCUT2D eigenvalue weighted by atomic mass is 9.92. The minimum absolute atomic E-state index is 0.0546. The number of hydrogen-bond donors (Lipinski definition) is 3. The van der Waals surface area contributed by atoms with Crippen molar-refractivity contribution >= 4 is 11.9 Å². The summed E-state index contributed by atoms with van der Waals surface area (Å²) >= 11 is 0. The van der Waals surface area contributed by atoms with Crippen LogP contribution in [0, 0.1) is 11.8 Å². The Morgan fingerprint density at radius 1 is 1.00 bits per heavy atom. The highest BCUT2D eigenvalue weighted by molar-refractivity contribution is 5.80. The van der Waals surface area contributed by atoms with E-state index in [9.17, 15) is 14.7 Å². The third kappa shape index (κ3) is 3.93. The van der Waals surface area contributed by atoms with Crippen LogP contribution in [0.4, 0.5) is 0 Å². The normalized spacial score (nSPS) is 29.5. The van der Waals surface area contributed by atoms with Crippen LogP contribution in [0.1, 0.15) is 44.9 Å². The van der Waals surface area contributed by atoms with Gasteiger partial charge in [0.05, 0.1) is 5.92 Å². The zero-order chi connectivity index (χ0) is 13.7. The first kappa shape index (κ1) is 14.3. The molecular formula is C14H24N2O3. The topological polar surface area (TPSA) is 78.4 Å². The Balaban J connectivity index is 1.93. The van der Waals surface area contributed by atoms with Gasteiger partial charge in [0.25, 0.3) is 0 Å². The summed E-state index contributed by atoms with van der Waals surface area (Å²) in [6.45, 7) is 1.76. The molecule has 0 bridgehead atoms. The SMILES string of the molecule is O=C(NC1CCCCCC1C(=O)O)C1CCNCC1. The quantitative estimate of drug-likeness (QED) is 0.671. The zero-order valence-corrected chi connectivity index (χ0v) is 11.4. The van der Waals surface area contributed by atoms with Crippen LogP contribution in [-0.4, -0.2) is 36.1 Å². The number of hydrogen-bond acceptors (Lipinski definition) is 3. The lowest BCUT2D eigenvalue weighted by molar-refractivity contribution is -0.143. The molecule has 2 rings (SSSR count). The van der Waals surface area contributed by atoms with Crippen molar-refractivity contribution in [2.45, 2.75) is 51.0 Å². The number of piperidine rings is 1. The van der Waals surface area contributed by atoms with Crippen molar-refractivity contribution in [1.29, 1.82) is 0 Å². The lowest BCUT2D eigenvalue weighted by Crippen LogP contribution is -2.47. The molecule has 0 aromatic heterocycles. The average Bonchev–Trinajstić information content (AvgIpc) is 2.65. The Hall–Kier alpha value is -1.10. The van der Waals surface area contributed by atoms with Gasteiger partial charge in [-0.25, -0.2) is 0 Å². The molecule has 5 heteroatoms. The summed E-state index contributed by atoms with van der Waals surface area (Å²) in [5.41, 5.74) is 0. The van der Waals surface area contributed by atoms with Gasteiger partial charge in [-0.05, 0) is 38.8 Å². The molecule has 0 spiro atoms. The summed E-state index contributed by atoms with van der Waals surface area (Å²) in [5, 5.41) is 15.5. The van der Waals surface area contributed by atoms with Gasteiger partial charge >= 0.3 is 5.97 Å². The van der Waals surface area contributed by atoms with Crippen LogP contribution >= 0.6 is 0 Å². The van der Waals surface area contributed by atoms with E-state index in [1.807, 2.05) is 0 Å². The number of carboxylic acids is 1. The fourth-order valence-corrected chi connectivity index (χ4v) is 3.16. The van der Waals surface area contributed by atoms with E-state index in [0.29, 0.717) is 6.42 Å². The van der Waals surface area contributed by atoms with E-state index in [4.69, 9.17) is 0 Å². The van der Waals surface area contributed by atoms with Crippen LogP contribution in [-0.2, 0) is 9.59 Å². The Morgan fingerprint density at radius 2 is 1.68 bits per heavy atom. The summed E-state index contributed by atoms with van der Waals surface area (Å²) in [7, 11) is 0. The molecule has 1 saturated carbocycles. The van der Waals surface area contributed by atoms with Crippen molar-refractivity contribution in [3.8, 4) is 0 Å². The minimum atomic E-state index is -0.766. The summed E-state index contributed by atoms with van der Waals surface area (Å²) < 4.78 is 0. The molecule has 5 nitrogen and oxygen atoms in total. The zero-order valence-electron chi connectivity index (χ0n) is 11.4. The smallest absolute Gasteiger partial charge is 0.308 e. The third-order valence-electron chi connectivity index (χ3n) is 4.37. The molecule has 2 aliphatic rings. The molecule has 1 saturated heterocycles. The van der Waals surface area contributed by atoms with Gasteiger partial charge < -0.3 is 15.7 Å². The molecule has 2 atom stereocenters. The molecule has 1 aliphatic carbocycles. The molecule has 19 heavy (non-hydrogen) atoms. The maximum absolute atomic E-state index is 12.2. The third-order valence-corrected chi connectivity index (χ3v) is 4.37. The van der Waals surface area contributed by atoms with Gasteiger partial charge in [0.1, 0.15) is 0 Å². The standard InChI is InChI=1S/C14H24N2O3/c17-13(10-6-8-15-9-7-10)16-12-5-3-1-2-4-11(12)14(18)19/h10-12,15H,1-9H2,(H,16,17)(H,18,19). The maximum atomic E-state index is 12.2. The Labute approximate surface area is 114 Å².